The van der Waals surface area contributed by atoms with Gasteiger partial charge in [-0.25, -0.2) is 4.68 Å². The van der Waals surface area contributed by atoms with Crippen molar-refractivity contribution in [3.63, 3.8) is 0 Å². The monoisotopic (exact) mass is 352 g/mol. The summed E-state index contributed by atoms with van der Waals surface area (Å²) in [4.78, 5) is 12.7. The maximum absolute atomic E-state index is 12.7. The van der Waals surface area contributed by atoms with Crippen molar-refractivity contribution in [3.05, 3.63) is 66.0 Å². The van der Waals surface area contributed by atoms with Gasteiger partial charge in [0.2, 0.25) is 0 Å². The van der Waals surface area contributed by atoms with Crippen molar-refractivity contribution in [3.8, 4) is 17.2 Å². The van der Waals surface area contributed by atoms with Crippen LogP contribution in [0.5, 0.6) is 11.5 Å². The molecule has 0 aliphatic carbocycles. The Morgan fingerprint density at radius 3 is 2.50 bits per heavy atom. The summed E-state index contributed by atoms with van der Waals surface area (Å²) < 4.78 is 12.1. The quantitative estimate of drug-likeness (QED) is 0.738. The number of carbonyl (C=O) groups excluding carboxylic acids is 1. The molecule has 0 aliphatic heterocycles. The highest BCUT2D eigenvalue weighted by molar-refractivity contribution is 5.97. The Balaban J connectivity index is 1.75. The molecule has 3 aromatic rings. The SMILES string of the molecule is COc1ccc(OC)c(C(=O)NC(C)c2ccc(-n3ccnn3)cc2)c1. The lowest BCUT2D eigenvalue weighted by Gasteiger charge is -2.16. The van der Waals surface area contributed by atoms with Crippen molar-refractivity contribution >= 4 is 5.91 Å². The zero-order valence-corrected chi connectivity index (χ0v) is 14.8. The first-order chi connectivity index (χ1) is 12.6. The van der Waals surface area contributed by atoms with E-state index >= 15 is 0 Å². The number of aromatic nitrogens is 3. The van der Waals surface area contributed by atoms with Crippen molar-refractivity contribution in [1.29, 1.82) is 0 Å². The van der Waals surface area contributed by atoms with Crippen LogP contribution in [0.15, 0.2) is 54.9 Å². The molecule has 1 unspecified atom stereocenters. The van der Waals surface area contributed by atoms with E-state index in [2.05, 4.69) is 15.6 Å². The first-order valence-electron chi connectivity index (χ1n) is 8.12. The van der Waals surface area contributed by atoms with E-state index in [9.17, 15) is 4.79 Å². The summed E-state index contributed by atoms with van der Waals surface area (Å²) in [5.74, 6) is 0.867. The number of nitrogens with one attached hydrogen (secondary N) is 1. The smallest absolute Gasteiger partial charge is 0.255 e. The number of amides is 1. The molecule has 3 rings (SSSR count). The van der Waals surface area contributed by atoms with Gasteiger partial charge in [0, 0.05) is 0 Å². The summed E-state index contributed by atoms with van der Waals surface area (Å²) in [7, 11) is 3.09. The summed E-state index contributed by atoms with van der Waals surface area (Å²) in [5, 5.41) is 10.7. The highest BCUT2D eigenvalue weighted by Gasteiger charge is 2.16. The summed E-state index contributed by atoms with van der Waals surface area (Å²) in [6.07, 6.45) is 3.40. The third-order valence-electron chi connectivity index (χ3n) is 4.08. The molecule has 0 saturated carbocycles. The number of hydrogen-bond acceptors (Lipinski definition) is 5. The minimum Gasteiger partial charge on any atom is -0.497 e. The molecule has 1 amide bonds. The van der Waals surface area contributed by atoms with E-state index in [1.165, 1.54) is 7.11 Å². The average molecular weight is 352 g/mol. The topological polar surface area (TPSA) is 78.3 Å². The number of rotatable bonds is 6. The molecule has 0 bridgehead atoms. The maximum atomic E-state index is 12.7. The second-order valence-corrected chi connectivity index (χ2v) is 5.70. The Morgan fingerprint density at radius 1 is 1.12 bits per heavy atom. The first kappa shape index (κ1) is 17.5. The molecule has 134 valence electrons. The van der Waals surface area contributed by atoms with Gasteiger partial charge in [0.1, 0.15) is 11.5 Å². The molecule has 26 heavy (non-hydrogen) atoms. The summed E-state index contributed by atoms with van der Waals surface area (Å²) in [5.41, 5.74) is 2.31. The molecule has 7 nitrogen and oxygen atoms in total. The molecule has 2 aromatic carbocycles. The summed E-state index contributed by atoms with van der Waals surface area (Å²) in [6, 6.07) is 12.7. The van der Waals surface area contributed by atoms with Crippen LogP contribution in [-0.4, -0.2) is 35.1 Å². The van der Waals surface area contributed by atoms with Crippen LogP contribution >= 0.6 is 0 Å². The minimum atomic E-state index is -0.228. The van der Waals surface area contributed by atoms with Gasteiger partial charge in [-0.2, -0.15) is 0 Å². The van der Waals surface area contributed by atoms with Gasteiger partial charge in [-0.3, -0.25) is 4.79 Å². The lowest BCUT2D eigenvalue weighted by molar-refractivity contribution is 0.0936. The number of hydrogen-bond donors (Lipinski definition) is 1. The largest absolute Gasteiger partial charge is 0.497 e. The van der Waals surface area contributed by atoms with Gasteiger partial charge < -0.3 is 14.8 Å². The number of benzene rings is 2. The van der Waals surface area contributed by atoms with Gasteiger partial charge in [0.15, 0.2) is 0 Å². The molecule has 0 spiro atoms. The Bertz CT molecular complexity index is 876. The van der Waals surface area contributed by atoms with Crippen molar-refractivity contribution in [2.75, 3.05) is 14.2 Å². The van der Waals surface area contributed by atoms with Crippen LogP contribution in [0.2, 0.25) is 0 Å². The van der Waals surface area contributed by atoms with Crippen LogP contribution in [0.1, 0.15) is 28.9 Å². The fourth-order valence-corrected chi connectivity index (χ4v) is 2.61. The van der Waals surface area contributed by atoms with E-state index in [1.807, 2.05) is 31.2 Å². The fourth-order valence-electron chi connectivity index (χ4n) is 2.61. The van der Waals surface area contributed by atoms with Crippen LogP contribution < -0.4 is 14.8 Å². The Morgan fingerprint density at radius 2 is 1.88 bits per heavy atom. The van der Waals surface area contributed by atoms with Gasteiger partial charge in [-0.1, -0.05) is 17.3 Å². The molecular weight excluding hydrogens is 332 g/mol. The van der Waals surface area contributed by atoms with Crippen molar-refractivity contribution in [2.24, 2.45) is 0 Å². The molecule has 0 saturated heterocycles. The highest BCUT2D eigenvalue weighted by atomic mass is 16.5. The third-order valence-corrected chi connectivity index (χ3v) is 4.08. The predicted octanol–water partition coefficient (Wildman–Crippen LogP) is 2.78. The Labute approximate surface area is 151 Å². The summed E-state index contributed by atoms with van der Waals surface area (Å²) in [6.45, 7) is 1.93. The number of carbonyl (C=O) groups is 1. The number of nitrogens with zero attached hydrogens (tertiary/aromatic N) is 3. The molecule has 0 fully saturated rings. The molecule has 0 aliphatic rings. The standard InChI is InChI=1S/C19H20N4O3/c1-13(14-4-6-15(7-5-14)23-11-10-20-22-23)21-19(24)17-12-16(25-2)8-9-18(17)26-3/h4-13H,1-3H3,(H,21,24). The predicted molar refractivity (Wildman–Crippen MR) is 96.8 cm³/mol. The van der Waals surface area contributed by atoms with E-state index in [0.717, 1.165) is 11.3 Å². The van der Waals surface area contributed by atoms with Crippen LogP contribution in [0.3, 0.4) is 0 Å². The van der Waals surface area contributed by atoms with Gasteiger partial charge in [0.05, 0.1) is 43.9 Å². The Hall–Kier alpha value is -3.35. The fraction of sp³-hybridized carbons (Fsp3) is 0.211. The van der Waals surface area contributed by atoms with Gasteiger partial charge in [0.25, 0.3) is 5.91 Å². The van der Waals surface area contributed by atoms with Crippen LogP contribution in [0, 0.1) is 0 Å². The lowest BCUT2D eigenvalue weighted by atomic mass is 10.1. The van der Waals surface area contributed by atoms with E-state index in [1.54, 1.807) is 42.4 Å². The van der Waals surface area contributed by atoms with Crippen molar-refractivity contribution < 1.29 is 14.3 Å². The Kier molecular flexibility index (Phi) is 5.17. The molecular formula is C19H20N4O3. The average Bonchev–Trinajstić information content (AvgIpc) is 3.22. The van der Waals surface area contributed by atoms with Crippen LogP contribution in [-0.2, 0) is 0 Å². The van der Waals surface area contributed by atoms with E-state index in [4.69, 9.17) is 9.47 Å². The second-order valence-electron chi connectivity index (χ2n) is 5.70. The minimum absolute atomic E-state index is 0.178. The molecule has 1 atom stereocenters. The van der Waals surface area contributed by atoms with Crippen LogP contribution in [0.4, 0.5) is 0 Å². The highest BCUT2D eigenvalue weighted by Crippen LogP contribution is 2.25. The van der Waals surface area contributed by atoms with Crippen molar-refractivity contribution in [1.82, 2.24) is 20.3 Å². The molecule has 7 heteroatoms. The van der Waals surface area contributed by atoms with Gasteiger partial charge in [-0.15, -0.1) is 5.10 Å². The third kappa shape index (κ3) is 3.66. The zero-order chi connectivity index (χ0) is 18.5. The first-order valence-corrected chi connectivity index (χ1v) is 8.12. The van der Waals surface area contributed by atoms with Gasteiger partial charge in [-0.05, 0) is 42.8 Å². The van der Waals surface area contributed by atoms with E-state index in [-0.39, 0.29) is 11.9 Å². The van der Waals surface area contributed by atoms with Crippen molar-refractivity contribution in [2.45, 2.75) is 13.0 Å². The summed E-state index contributed by atoms with van der Waals surface area (Å²) >= 11 is 0. The number of methoxy groups -OCH3 is 2. The zero-order valence-electron chi connectivity index (χ0n) is 14.8. The van der Waals surface area contributed by atoms with E-state index in [0.29, 0.717) is 17.1 Å². The van der Waals surface area contributed by atoms with Crippen LogP contribution in [0.25, 0.3) is 5.69 Å². The second kappa shape index (κ2) is 7.69. The molecule has 1 N–H and O–H groups in total. The molecule has 1 heterocycles. The maximum Gasteiger partial charge on any atom is 0.255 e. The van der Waals surface area contributed by atoms with E-state index < -0.39 is 0 Å². The molecule has 1 aromatic heterocycles. The lowest BCUT2D eigenvalue weighted by Crippen LogP contribution is -2.27. The normalized spacial score (nSPS) is 11.7. The number of ether oxygens (including phenoxy) is 2. The van der Waals surface area contributed by atoms with Gasteiger partial charge >= 0.3 is 0 Å². The molecule has 0 radical (unpaired) electrons.